The smallest absolute Gasteiger partial charge is 0.213 e. The van der Waals surface area contributed by atoms with E-state index in [9.17, 15) is 0 Å². The largest absolute Gasteiger partial charge is 0.475 e. The number of hydrogen-bond donors (Lipinski definition) is 2. The van der Waals surface area contributed by atoms with Crippen LogP contribution in [0, 0.1) is 0 Å². The van der Waals surface area contributed by atoms with Gasteiger partial charge in [0, 0.05) is 25.2 Å². The van der Waals surface area contributed by atoms with Gasteiger partial charge in [0.1, 0.15) is 6.61 Å². The van der Waals surface area contributed by atoms with Gasteiger partial charge < -0.3 is 20.1 Å². The molecule has 0 amide bonds. The van der Waals surface area contributed by atoms with Crippen LogP contribution in [0.2, 0.25) is 0 Å². The Kier molecular flexibility index (Phi) is 6.08. The first kappa shape index (κ1) is 15.1. The molecule has 20 heavy (non-hydrogen) atoms. The second kappa shape index (κ2) is 8.07. The molecule has 5 nitrogen and oxygen atoms in total. The van der Waals surface area contributed by atoms with Gasteiger partial charge in [0.25, 0.3) is 0 Å². The molecule has 2 heterocycles. The fraction of sp³-hybridized carbons (Fsp3) is 0.667. The van der Waals surface area contributed by atoms with Crippen LogP contribution in [0.4, 0.5) is 5.69 Å². The van der Waals surface area contributed by atoms with Crippen molar-refractivity contribution in [2.24, 2.45) is 0 Å². The lowest BCUT2D eigenvalue weighted by Crippen LogP contribution is -2.39. The third-order valence-corrected chi connectivity index (χ3v) is 3.58. The lowest BCUT2D eigenvalue weighted by Gasteiger charge is -2.32. The van der Waals surface area contributed by atoms with E-state index >= 15 is 0 Å². The van der Waals surface area contributed by atoms with Gasteiger partial charge in [-0.25, -0.2) is 4.98 Å². The summed E-state index contributed by atoms with van der Waals surface area (Å²) in [7, 11) is 0. The van der Waals surface area contributed by atoms with E-state index in [0.29, 0.717) is 11.9 Å². The Morgan fingerprint density at radius 2 is 2.20 bits per heavy atom. The zero-order valence-electron chi connectivity index (χ0n) is 12.2. The Balaban J connectivity index is 1.76. The summed E-state index contributed by atoms with van der Waals surface area (Å²) in [6.07, 6.45) is 5.40. The van der Waals surface area contributed by atoms with Crippen LogP contribution in [0.3, 0.4) is 0 Å². The monoisotopic (exact) mass is 279 g/mol. The van der Waals surface area contributed by atoms with Crippen molar-refractivity contribution in [3.63, 3.8) is 0 Å². The Morgan fingerprint density at radius 3 is 2.80 bits per heavy atom. The SMILES string of the molecule is CCCN1CCC(Nc2ccc(OCCO)nc2)CC1. The van der Waals surface area contributed by atoms with Crippen LogP contribution in [-0.2, 0) is 0 Å². The number of piperidine rings is 1. The van der Waals surface area contributed by atoms with Gasteiger partial charge in [0.2, 0.25) is 5.88 Å². The molecule has 0 bridgehead atoms. The van der Waals surface area contributed by atoms with E-state index in [1.54, 1.807) is 6.20 Å². The molecule has 0 aromatic carbocycles. The molecular formula is C15H25N3O2. The summed E-state index contributed by atoms with van der Waals surface area (Å²) in [5.41, 5.74) is 1.04. The van der Waals surface area contributed by atoms with Crippen molar-refractivity contribution < 1.29 is 9.84 Å². The predicted octanol–water partition coefficient (Wildman–Crippen LogP) is 1.74. The number of likely N-dealkylation sites (tertiary alicyclic amines) is 1. The molecule has 0 radical (unpaired) electrons. The summed E-state index contributed by atoms with van der Waals surface area (Å²) in [6.45, 7) is 6.10. The van der Waals surface area contributed by atoms with Gasteiger partial charge in [-0.15, -0.1) is 0 Å². The molecule has 0 spiro atoms. The number of aromatic nitrogens is 1. The molecule has 1 saturated heterocycles. The average molecular weight is 279 g/mol. The van der Waals surface area contributed by atoms with E-state index in [2.05, 4.69) is 22.1 Å². The minimum absolute atomic E-state index is 0.0119. The van der Waals surface area contributed by atoms with Gasteiger partial charge in [0.05, 0.1) is 18.5 Å². The molecule has 2 rings (SSSR count). The van der Waals surface area contributed by atoms with E-state index in [-0.39, 0.29) is 13.2 Å². The molecule has 1 fully saturated rings. The summed E-state index contributed by atoms with van der Waals surface area (Å²) in [4.78, 5) is 6.75. The van der Waals surface area contributed by atoms with Crippen LogP contribution in [0.15, 0.2) is 18.3 Å². The fourth-order valence-corrected chi connectivity index (χ4v) is 2.55. The Hall–Kier alpha value is -1.33. The molecule has 2 N–H and O–H groups in total. The molecule has 112 valence electrons. The number of aliphatic hydroxyl groups is 1. The normalized spacial score (nSPS) is 17.1. The van der Waals surface area contributed by atoms with Gasteiger partial charge >= 0.3 is 0 Å². The van der Waals surface area contributed by atoms with Crippen molar-refractivity contribution in [2.45, 2.75) is 32.2 Å². The molecule has 0 atom stereocenters. The zero-order chi connectivity index (χ0) is 14.2. The summed E-state index contributed by atoms with van der Waals surface area (Å²) >= 11 is 0. The number of aliphatic hydroxyl groups excluding tert-OH is 1. The number of hydrogen-bond acceptors (Lipinski definition) is 5. The van der Waals surface area contributed by atoms with Gasteiger partial charge in [-0.2, -0.15) is 0 Å². The maximum absolute atomic E-state index is 8.69. The van der Waals surface area contributed by atoms with Crippen LogP contribution < -0.4 is 10.1 Å². The molecule has 1 aliphatic heterocycles. The minimum atomic E-state index is 0.0119. The quantitative estimate of drug-likeness (QED) is 0.796. The van der Waals surface area contributed by atoms with Crippen molar-refractivity contribution in [3.05, 3.63) is 18.3 Å². The molecular weight excluding hydrogens is 254 g/mol. The maximum Gasteiger partial charge on any atom is 0.213 e. The summed E-state index contributed by atoms with van der Waals surface area (Å²) < 4.78 is 5.25. The zero-order valence-corrected chi connectivity index (χ0v) is 12.2. The molecule has 0 aliphatic carbocycles. The van der Waals surface area contributed by atoms with Gasteiger partial charge in [-0.05, 0) is 31.9 Å². The first-order chi connectivity index (χ1) is 9.81. The first-order valence-electron chi connectivity index (χ1n) is 7.50. The van der Waals surface area contributed by atoms with Gasteiger partial charge in [-0.3, -0.25) is 0 Å². The van der Waals surface area contributed by atoms with Gasteiger partial charge in [0.15, 0.2) is 0 Å². The summed E-state index contributed by atoms with van der Waals surface area (Å²) in [5.74, 6) is 0.558. The van der Waals surface area contributed by atoms with Crippen LogP contribution in [0.1, 0.15) is 26.2 Å². The van der Waals surface area contributed by atoms with Crippen molar-refractivity contribution in [3.8, 4) is 5.88 Å². The van der Waals surface area contributed by atoms with E-state index in [1.807, 2.05) is 12.1 Å². The van der Waals surface area contributed by atoms with Crippen LogP contribution in [0.5, 0.6) is 5.88 Å². The highest BCUT2D eigenvalue weighted by atomic mass is 16.5. The first-order valence-corrected chi connectivity index (χ1v) is 7.50. The summed E-state index contributed by atoms with van der Waals surface area (Å²) in [5, 5.41) is 12.2. The van der Waals surface area contributed by atoms with E-state index in [1.165, 1.54) is 38.9 Å². The van der Waals surface area contributed by atoms with E-state index in [0.717, 1.165) is 5.69 Å². The van der Waals surface area contributed by atoms with Crippen molar-refractivity contribution >= 4 is 5.69 Å². The third-order valence-electron chi connectivity index (χ3n) is 3.58. The summed E-state index contributed by atoms with van der Waals surface area (Å²) in [6, 6.07) is 4.36. The number of nitrogens with zero attached hydrogens (tertiary/aromatic N) is 2. The van der Waals surface area contributed by atoms with E-state index in [4.69, 9.17) is 9.84 Å². The predicted molar refractivity (Wildman–Crippen MR) is 80.2 cm³/mol. The number of anilines is 1. The van der Waals surface area contributed by atoms with Crippen LogP contribution >= 0.6 is 0 Å². The third kappa shape index (κ3) is 4.65. The number of ether oxygens (including phenoxy) is 1. The maximum atomic E-state index is 8.69. The Labute approximate surface area is 121 Å². The second-order valence-electron chi connectivity index (χ2n) is 5.22. The molecule has 5 heteroatoms. The Morgan fingerprint density at radius 1 is 1.40 bits per heavy atom. The highest BCUT2D eigenvalue weighted by Gasteiger charge is 2.18. The standard InChI is InChI=1S/C15H25N3O2/c1-2-7-18-8-5-13(6-9-18)17-14-3-4-15(16-12-14)20-11-10-19/h3-4,12-13,17,19H,2,5-11H2,1H3. The highest BCUT2D eigenvalue weighted by Crippen LogP contribution is 2.17. The molecule has 1 aromatic rings. The van der Waals surface area contributed by atoms with Crippen LogP contribution in [-0.4, -0.2) is 53.9 Å². The molecule has 1 aromatic heterocycles. The van der Waals surface area contributed by atoms with Crippen molar-refractivity contribution in [1.29, 1.82) is 0 Å². The molecule has 0 unspecified atom stereocenters. The van der Waals surface area contributed by atoms with Crippen molar-refractivity contribution in [2.75, 3.05) is 38.2 Å². The minimum Gasteiger partial charge on any atom is -0.475 e. The number of pyridine rings is 1. The highest BCUT2D eigenvalue weighted by molar-refractivity contribution is 5.43. The molecule has 0 saturated carbocycles. The topological polar surface area (TPSA) is 57.6 Å². The number of nitrogens with one attached hydrogen (secondary N) is 1. The van der Waals surface area contributed by atoms with Gasteiger partial charge in [-0.1, -0.05) is 6.92 Å². The average Bonchev–Trinajstić information content (AvgIpc) is 2.49. The lowest BCUT2D eigenvalue weighted by molar-refractivity contribution is 0.196. The van der Waals surface area contributed by atoms with E-state index < -0.39 is 0 Å². The Bertz CT molecular complexity index is 375. The van der Waals surface area contributed by atoms with Crippen molar-refractivity contribution in [1.82, 2.24) is 9.88 Å². The molecule has 1 aliphatic rings. The fourth-order valence-electron chi connectivity index (χ4n) is 2.55. The lowest BCUT2D eigenvalue weighted by atomic mass is 10.0. The van der Waals surface area contributed by atoms with Crippen LogP contribution in [0.25, 0.3) is 0 Å². The second-order valence-corrected chi connectivity index (χ2v) is 5.22. The number of rotatable bonds is 7.